The molecule has 0 saturated carbocycles. The number of carbonyl (C=O) groups is 3. The molecule has 1 saturated heterocycles. The van der Waals surface area contributed by atoms with Gasteiger partial charge in [-0.05, 0) is 41.1 Å². The van der Waals surface area contributed by atoms with E-state index in [1.54, 1.807) is 24.3 Å². The molecule has 1 amide bonds. The molecule has 1 fully saturated rings. The Morgan fingerprint density at radius 1 is 0.687 bits per heavy atom. The molecule has 8 atom stereocenters. The third-order valence-corrected chi connectivity index (χ3v) is 11.6. The van der Waals surface area contributed by atoms with E-state index in [2.05, 4.69) is 10.0 Å². The Hall–Kier alpha value is -5.49. The Morgan fingerprint density at radius 2 is 1.19 bits per heavy atom. The summed E-state index contributed by atoms with van der Waals surface area (Å²) in [6, 6.07) is 37.1. The summed E-state index contributed by atoms with van der Waals surface area (Å²) in [5.41, 5.74) is 12.1. The quantitative estimate of drug-likeness (QED) is 0.0164. The fourth-order valence-electron chi connectivity index (χ4n) is 6.70. The van der Waals surface area contributed by atoms with Crippen molar-refractivity contribution in [3.05, 3.63) is 154 Å². The zero-order chi connectivity index (χ0) is 47.9. The number of carbonyl (C=O) groups excluding carboxylic acids is 3. The molecule has 5 rings (SSSR count). The van der Waals surface area contributed by atoms with Crippen LogP contribution in [-0.2, 0) is 87.3 Å². The minimum atomic E-state index is -4.48. The standard InChI is InChI=1S/C48H59N4O14P/c1-5-40-45(65-43(54)27-26-35(2)53)46(66-48(55)52(3)4)47(64-40)60-32-41(57-28-36-18-10-6-11-19-36)44(59-30-38-22-14-8-15-23-38)42(58-29-37-20-12-7-13-21-37)33-62-67(56,63-34-50-51-49)61-31-39-24-16-9-17-25-39/h6-25,40-42,44-47H,5,26-34H2,1-4H3/t40-,41?,42?,44?,45+,46?,47-,67?/m1/s1. The molecular formula is C48H59N4O14P. The lowest BCUT2D eigenvalue weighted by molar-refractivity contribution is -0.215. The van der Waals surface area contributed by atoms with Crippen LogP contribution in [0.3, 0.4) is 0 Å². The smallest absolute Gasteiger partial charge is 0.455 e. The predicted octanol–water partition coefficient (Wildman–Crippen LogP) is 8.87. The van der Waals surface area contributed by atoms with Crippen molar-refractivity contribution in [1.82, 2.24) is 4.90 Å². The van der Waals surface area contributed by atoms with Crippen molar-refractivity contribution in [3.8, 4) is 0 Å². The second-order valence-electron chi connectivity index (χ2n) is 15.6. The number of ketones is 1. The Bertz CT molecular complexity index is 2190. The first-order valence-corrected chi connectivity index (χ1v) is 23.3. The van der Waals surface area contributed by atoms with Gasteiger partial charge >= 0.3 is 19.9 Å². The number of benzene rings is 4. The highest BCUT2D eigenvalue weighted by molar-refractivity contribution is 7.48. The molecule has 18 nitrogen and oxygen atoms in total. The molecule has 0 aromatic heterocycles. The van der Waals surface area contributed by atoms with Crippen molar-refractivity contribution in [2.45, 2.75) is 102 Å². The first kappa shape index (κ1) is 52.5. The van der Waals surface area contributed by atoms with Gasteiger partial charge in [0.05, 0.1) is 46.1 Å². The number of phosphoric ester groups is 1. The van der Waals surface area contributed by atoms with E-state index in [9.17, 15) is 18.9 Å². The van der Waals surface area contributed by atoms with Crippen LogP contribution in [-0.4, -0.2) is 99.7 Å². The number of azide groups is 1. The van der Waals surface area contributed by atoms with Crippen LogP contribution in [0, 0.1) is 0 Å². The molecular weight excluding hydrogens is 888 g/mol. The molecule has 0 spiro atoms. The van der Waals surface area contributed by atoms with Gasteiger partial charge in [0.25, 0.3) is 0 Å². The Morgan fingerprint density at radius 3 is 1.69 bits per heavy atom. The first-order valence-electron chi connectivity index (χ1n) is 21.9. The number of rotatable bonds is 29. The molecule has 1 heterocycles. The van der Waals surface area contributed by atoms with Crippen LogP contribution in [0.5, 0.6) is 0 Å². The van der Waals surface area contributed by atoms with Crippen LogP contribution in [0.4, 0.5) is 4.79 Å². The Labute approximate surface area is 390 Å². The summed E-state index contributed by atoms with van der Waals surface area (Å²) < 4.78 is 76.2. The van der Waals surface area contributed by atoms with Crippen molar-refractivity contribution in [2.24, 2.45) is 5.11 Å². The molecule has 0 N–H and O–H groups in total. The summed E-state index contributed by atoms with van der Waals surface area (Å²) >= 11 is 0. The number of Topliss-reactive ketones (excluding diaryl/α,β-unsaturated/α-hetero) is 1. The minimum absolute atomic E-state index is 0.0259. The van der Waals surface area contributed by atoms with E-state index in [-0.39, 0.29) is 51.7 Å². The molecule has 5 unspecified atom stereocenters. The van der Waals surface area contributed by atoms with E-state index in [1.807, 2.05) is 104 Å². The van der Waals surface area contributed by atoms with Crippen molar-refractivity contribution >= 4 is 25.7 Å². The Kier molecular flexibility index (Phi) is 21.9. The predicted molar refractivity (Wildman–Crippen MR) is 244 cm³/mol. The van der Waals surface area contributed by atoms with Gasteiger partial charge in [-0.15, -0.1) is 0 Å². The third-order valence-electron chi connectivity index (χ3n) is 10.2. The number of amides is 1. The molecule has 0 bridgehead atoms. The summed E-state index contributed by atoms with van der Waals surface area (Å²) in [6.07, 6.45) is -8.18. The molecule has 1 aliphatic heterocycles. The normalized spacial score (nSPS) is 19.0. The minimum Gasteiger partial charge on any atom is -0.455 e. The number of ether oxygens (including phenoxy) is 7. The van der Waals surface area contributed by atoms with Gasteiger partial charge in [0.1, 0.15) is 36.9 Å². The number of nitrogens with zero attached hydrogens (tertiary/aromatic N) is 4. The average molecular weight is 947 g/mol. The summed E-state index contributed by atoms with van der Waals surface area (Å²) in [4.78, 5) is 41.8. The fourth-order valence-corrected chi connectivity index (χ4v) is 7.75. The van der Waals surface area contributed by atoms with Crippen LogP contribution >= 0.6 is 7.82 Å². The molecule has 19 heteroatoms. The second-order valence-corrected chi connectivity index (χ2v) is 17.3. The van der Waals surface area contributed by atoms with Crippen molar-refractivity contribution in [2.75, 3.05) is 34.0 Å². The van der Waals surface area contributed by atoms with E-state index in [0.717, 1.165) is 16.7 Å². The first-order chi connectivity index (χ1) is 32.5. The number of esters is 1. The number of hydrogen-bond acceptors (Lipinski definition) is 15. The van der Waals surface area contributed by atoms with Gasteiger partial charge in [0.15, 0.2) is 18.5 Å². The molecule has 67 heavy (non-hydrogen) atoms. The monoisotopic (exact) mass is 946 g/mol. The molecule has 1 aliphatic rings. The van der Waals surface area contributed by atoms with E-state index in [1.165, 1.54) is 25.9 Å². The van der Waals surface area contributed by atoms with Gasteiger partial charge < -0.3 is 42.9 Å². The summed E-state index contributed by atoms with van der Waals surface area (Å²) in [5.74, 6) is -0.854. The highest BCUT2D eigenvalue weighted by Crippen LogP contribution is 2.50. The van der Waals surface area contributed by atoms with Crippen molar-refractivity contribution in [3.63, 3.8) is 0 Å². The fraction of sp³-hybridized carbons (Fsp3) is 0.438. The van der Waals surface area contributed by atoms with Gasteiger partial charge in [-0.25, -0.2) is 9.36 Å². The molecule has 360 valence electrons. The van der Waals surface area contributed by atoms with Crippen LogP contribution in [0.1, 0.15) is 55.4 Å². The topological polar surface area (TPSA) is 213 Å². The molecule has 4 aromatic rings. The maximum atomic E-state index is 14.3. The van der Waals surface area contributed by atoms with E-state index in [0.29, 0.717) is 12.0 Å². The summed E-state index contributed by atoms with van der Waals surface area (Å²) in [6.45, 7) is 1.80. The van der Waals surface area contributed by atoms with Crippen molar-refractivity contribution < 1.29 is 65.7 Å². The van der Waals surface area contributed by atoms with Gasteiger partial charge in [-0.2, -0.15) is 0 Å². The van der Waals surface area contributed by atoms with Gasteiger partial charge in [0.2, 0.25) is 0 Å². The highest BCUT2D eigenvalue weighted by Gasteiger charge is 2.50. The lowest BCUT2D eigenvalue weighted by atomic mass is 10.1. The zero-order valence-electron chi connectivity index (χ0n) is 38.1. The second kappa shape index (κ2) is 28.0. The van der Waals surface area contributed by atoms with E-state index < -0.39 is 76.1 Å². The maximum Gasteiger partial charge on any atom is 0.475 e. The maximum absolute atomic E-state index is 14.3. The van der Waals surface area contributed by atoms with Crippen LogP contribution in [0.25, 0.3) is 10.4 Å². The SMILES string of the molecule is CC[C@H]1O[C@@H](OCC(OCc2ccccc2)C(OCc2ccccc2)C(COP(=O)(OCN=[N+]=[N-])OCc2ccccc2)OCc2ccccc2)C(OC(=O)N(C)C)[C@H]1OC(=O)CCC(C)=O. The van der Waals surface area contributed by atoms with Crippen LogP contribution in [0.15, 0.2) is 126 Å². The lowest BCUT2D eigenvalue weighted by Gasteiger charge is -2.35. The van der Waals surface area contributed by atoms with Gasteiger partial charge in [-0.1, -0.05) is 133 Å². The van der Waals surface area contributed by atoms with Gasteiger partial charge in [-0.3, -0.25) is 18.4 Å². The molecule has 4 aromatic carbocycles. The molecule has 0 aliphatic carbocycles. The number of phosphoric acid groups is 1. The number of hydrogen-bond donors (Lipinski definition) is 0. The summed E-state index contributed by atoms with van der Waals surface area (Å²) in [7, 11) is -1.47. The Balaban J connectivity index is 1.52. The lowest BCUT2D eigenvalue weighted by Crippen LogP contribution is -2.48. The highest BCUT2D eigenvalue weighted by atomic mass is 31.2. The average Bonchev–Trinajstić information content (AvgIpc) is 3.67. The van der Waals surface area contributed by atoms with E-state index >= 15 is 0 Å². The molecule has 0 radical (unpaired) electrons. The summed E-state index contributed by atoms with van der Waals surface area (Å²) in [5, 5.41) is 3.39. The van der Waals surface area contributed by atoms with E-state index in [4.69, 9.17) is 52.3 Å². The zero-order valence-corrected chi connectivity index (χ0v) is 39.0. The van der Waals surface area contributed by atoms with Crippen LogP contribution in [0.2, 0.25) is 0 Å². The van der Waals surface area contributed by atoms with Gasteiger partial charge in [0, 0.05) is 25.4 Å². The third kappa shape index (κ3) is 17.9. The largest absolute Gasteiger partial charge is 0.475 e. The van der Waals surface area contributed by atoms with Crippen molar-refractivity contribution in [1.29, 1.82) is 0 Å². The van der Waals surface area contributed by atoms with Crippen LogP contribution < -0.4 is 0 Å².